The van der Waals surface area contributed by atoms with E-state index in [1.165, 1.54) is 6.42 Å². The molecule has 2 heterocycles. The Balaban J connectivity index is 1.52. The standard InChI is InChI=1S/C21H23N3O2/c25-20(16-5-2-1-3-6-16)23-18-9-8-15-10-12-24(19(15)13-18)21(26)17-7-4-11-22-14-17/h4,7-9,11,13-14,16H,1-3,5-6,10,12H2,(H,23,25). The lowest BCUT2D eigenvalue weighted by Gasteiger charge is -2.21. The minimum Gasteiger partial charge on any atom is -0.326 e. The lowest BCUT2D eigenvalue weighted by Crippen LogP contribution is -2.29. The van der Waals surface area contributed by atoms with Gasteiger partial charge in [0, 0.05) is 36.2 Å². The zero-order valence-electron chi connectivity index (χ0n) is 14.8. The summed E-state index contributed by atoms with van der Waals surface area (Å²) in [5.74, 6) is 0.172. The number of aromatic nitrogens is 1. The molecule has 0 bridgehead atoms. The van der Waals surface area contributed by atoms with Crippen LogP contribution in [0.3, 0.4) is 0 Å². The minimum absolute atomic E-state index is 0.0485. The van der Waals surface area contributed by atoms with E-state index in [2.05, 4.69) is 10.3 Å². The average molecular weight is 349 g/mol. The zero-order chi connectivity index (χ0) is 17.9. The van der Waals surface area contributed by atoms with Crippen LogP contribution >= 0.6 is 0 Å². The largest absolute Gasteiger partial charge is 0.326 e. The number of pyridine rings is 1. The van der Waals surface area contributed by atoms with Crippen LogP contribution in [0.25, 0.3) is 0 Å². The number of amides is 2. The molecule has 0 radical (unpaired) electrons. The molecule has 1 aliphatic carbocycles. The minimum atomic E-state index is -0.0485. The van der Waals surface area contributed by atoms with Gasteiger partial charge in [0.05, 0.1) is 5.56 Å². The van der Waals surface area contributed by atoms with Crippen LogP contribution < -0.4 is 10.2 Å². The maximum Gasteiger partial charge on any atom is 0.259 e. The monoisotopic (exact) mass is 349 g/mol. The number of fused-ring (bicyclic) bond motifs is 1. The number of hydrogen-bond donors (Lipinski definition) is 1. The second kappa shape index (κ2) is 7.28. The van der Waals surface area contributed by atoms with Crippen LogP contribution in [0.2, 0.25) is 0 Å². The van der Waals surface area contributed by atoms with Crippen LogP contribution in [0.15, 0.2) is 42.7 Å². The second-order valence-corrected chi connectivity index (χ2v) is 7.12. The van der Waals surface area contributed by atoms with Crippen LogP contribution in [-0.4, -0.2) is 23.3 Å². The van der Waals surface area contributed by atoms with Gasteiger partial charge in [-0.25, -0.2) is 0 Å². The van der Waals surface area contributed by atoms with Crippen molar-refractivity contribution in [3.8, 4) is 0 Å². The van der Waals surface area contributed by atoms with Gasteiger partial charge in [0.1, 0.15) is 0 Å². The first-order valence-electron chi connectivity index (χ1n) is 9.38. The van der Waals surface area contributed by atoms with Crippen LogP contribution in [0.1, 0.15) is 48.0 Å². The van der Waals surface area contributed by atoms with Crippen LogP contribution in [-0.2, 0) is 11.2 Å². The lowest BCUT2D eigenvalue weighted by molar-refractivity contribution is -0.120. The van der Waals surface area contributed by atoms with E-state index in [0.717, 1.165) is 49.0 Å². The predicted octanol–water partition coefficient (Wildman–Crippen LogP) is 3.80. The Morgan fingerprint density at radius 3 is 2.73 bits per heavy atom. The van der Waals surface area contributed by atoms with Crippen molar-refractivity contribution in [2.45, 2.75) is 38.5 Å². The molecular weight excluding hydrogens is 326 g/mol. The van der Waals surface area contributed by atoms with Crippen molar-refractivity contribution < 1.29 is 9.59 Å². The van der Waals surface area contributed by atoms with E-state index < -0.39 is 0 Å². The van der Waals surface area contributed by atoms with Crippen molar-refractivity contribution >= 4 is 23.2 Å². The van der Waals surface area contributed by atoms with Crippen molar-refractivity contribution in [2.75, 3.05) is 16.8 Å². The topological polar surface area (TPSA) is 62.3 Å². The highest BCUT2D eigenvalue weighted by Crippen LogP contribution is 2.32. The highest BCUT2D eigenvalue weighted by Gasteiger charge is 2.27. The molecule has 0 spiro atoms. The smallest absolute Gasteiger partial charge is 0.259 e. The molecule has 2 amide bonds. The maximum atomic E-state index is 12.8. The van der Waals surface area contributed by atoms with E-state index in [0.29, 0.717) is 12.1 Å². The first kappa shape index (κ1) is 16.8. The van der Waals surface area contributed by atoms with Crippen LogP contribution in [0.5, 0.6) is 0 Å². The van der Waals surface area contributed by atoms with Gasteiger partial charge in [0.15, 0.2) is 0 Å². The predicted molar refractivity (Wildman–Crippen MR) is 101 cm³/mol. The second-order valence-electron chi connectivity index (χ2n) is 7.12. The Labute approximate surface area is 153 Å². The number of carbonyl (C=O) groups is 2. The van der Waals surface area contributed by atoms with Crippen molar-refractivity contribution in [1.29, 1.82) is 0 Å². The quantitative estimate of drug-likeness (QED) is 0.917. The molecule has 1 fully saturated rings. The van der Waals surface area contributed by atoms with Gasteiger partial charge >= 0.3 is 0 Å². The Kier molecular flexibility index (Phi) is 4.69. The third kappa shape index (κ3) is 3.34. The van der Waals surface area contributed by atoms with Crippen molar-refractivity contribution in [3.05, 3.63) is 53.9 Å². The van der Waals surface area contributed by atoms with Gasteiger partial charge in [-0.3, -0.25) is 14.6 Å². The number of benzene rings is 1. The molecule has 0 unspecified atom stereocenters. The van der Waals surface area contributed by atoms with Crippen LogP contribution in [0, 0.1) is 5.92 Å². The first-order chi connectivity index (χ1) is 12.7. The number of nitrogens with zero attached hydrogens (tertiary/aromatic N) is 2. The number of anilines is 2. The van der Waals surface area contributed by atoms with Crippen molar-refractivity contribution in [1.82, 2.24) is 4.98 Å². The Morgan fingerprint density at radius 2 is 1.96 bits per heavy atom. The molecule has 26 heavy (non-hydrogen) atoms. The molecule has 1 N–H and O–H groups in total. The molecule has 0 atom stereocenters. The van der Waals surface area contributed by atoms with E-state index >= 15 is 0 Å². The third-order valence-electron chi connectivity index (χ3n) is 5.38. The normalized spacial score (nSPS) is 17.0. The summed E-state index contributed by atoms with van der Waals surface area (Å²) in [7, 11) is 0. The molecule has 5 heteroatoms. The van der Waals surface area contributed by atoms with Gasteiger partial charge in [0.25, 0.3) is 5.91 Å². The molecule has 0 saturated heterocycles. The summed E-state index contributed by atoms with van der Waals surface area (Å²) in [4.78, 5) is 31.1. The third-order valence-corrected chi connectivity index (χ3v) is 5.38. The summed E-state index contributed by atoms with van der Waals surface area (Å²) in [6.45, 7) is 0.656. The fourth-order valence-electron chi connectivity index (χ4n) is 3.92. The van der Waals surface area contributed by atoms with Gasteiger partial charge < -0.3 is 10.2 Å². The van der Waals surface area contributed by atoms with Crippen molar-refractivity contribution in [3.63, 3.8) is 0 Å². The molecule has 2 aromatic rings. The van der Waals surface area contributed by atoms with Gasteiger partial charge in [-0.1, -0.05) is 25.3 Å². The van der Waals surface area contributed by atoms with Crippen LogP contribution in [0.4, 0.5) is 11.4 Å². The zero-order valence-corrected chi connectivity index (χ0v) is 14.8. The fourth-order valence-corrected chi connectivity index (χ4v) is 3.92. The molecule has 1 saturated carbocycles. The number of hydrogen-bond acceptors (Lipinski definition) is 3. The SMILES string of the molecule is O=C(Nc1ccc2c(c1)N(C(=O)c1cccnc1)CC2)C1CCCCC1. The Bertz CT molecular complexity index is 813. The van der Waals surface area contributed by atoms with Gasteiger partial charge in [0.2, 0.25) is 5.91 Å². The highest BCUT2D eigenvalue weighted by atomic mass is 16.2. The van der Waals surface area contributed by atoms with E-state index in [-0.39, 0.29) is 17.7 Å². The molecule has 5 nitrogen and oxygen atoms in total. The summed E-state index contributed by atoms with van der Waals surface area (Å²) in [6.07, 6.45) is 9.53. The highest BCUT2D eigenvalue weighted by molar-refractivity contribution is 6.07. The molecule has 1 aliphatic heterocycles. The molecule has 1 aromatic heterocycles. The first-order valence-corrected chi connectivity index (χ1v) is 9.38. The molecule has 1 aromatic carbocycles. The maximum absolute atomic E-state index is 12.8. The van der Waals surface area contributed by atoms with E-state index in [1.807, 2.05) is 18.2 Å². The molecule has 2 aliphatic rings. The van der Waals surface area contributed by atoms with E-state index in [1.54, 1.807) is 29.4 Å². The number of carbonyl (C=O) groups excluding carboxylic acids is 2. The summed E-state index contributed by atoms with van der Waals surface area (Å²) in [6, 6.07) is 9.43. The van der Waals surface area contributed by atoms with E-state index in [4.69, 9.17) is 0 Å². The number of rotatable bonds is 3. The lowest BCUT2D eigenvalue weighted by atomic mass is 9.88. The summed E-state index contributed by atoms with van der Waals surface area (Å²) < 4.78 is 0. The molecule has 4 rings (SSSR count). The fraction of sp³-hybridized carbons (Fsp3) is 0.381. The summed E-state index contributed by atoms with van der Waals surface area (Å²) >= 11 is 0. The Hall–Kier alpha value is -2.69. The van der Waals surface area contributed by atoms with Gasteiger partial charge in [-0.05, 0) is 49.1 Å². The Morgan fingerprint density at radius 1 is 1.12 bits per heavy atom. The number of nitrogens with one attached hydrogen (secondary N) is 1. The van der Waals surface area contributed by atoms with Crippen molar-refractivity contribution in [2.24, 2.45) is 5.92 Å². The van der Waals surface area contributed by atoms with E-state index in [9.17, 15) is 9.59 Å². The van der Waals surface area contributed by atoms with Gasteiger partial charge in [-0.15, -0.1) is 0 Å². The average Bonchev–Trinajstić information content (AvgIpc) is 3.12. The molecular formula is C21H23N3O2. The van der Waals surface area contributed by atoms with Gasteiger partial charge in [-0.2, -0.15) is 0 Å². The summed E-state index contributed by atoms with van der Waals surface area (Å²) in [5.41, 5.74) is 3.38. The summed E-state index contributed by atoms with van der Waals surface area (Å²) in [5, 5.41) is 3.05. The molecule has 134 valence electrons.